The lowest BCUT2D eigenvalue weighted by molar-refractivity contribution is -0.147. The normalized spacial score (nSPS) is 17.8. The van der Waals surface area contributed by atoms with E-state index in [4.69, 9.17) is 4.74 Å². The predicted molar refractivity (Wildman–Crippen MR) is 88.2 cm³/mol. The van der Waals surface area contributed by atoms with Crippen LogP contribution >= 0.6 is 22.6 Å². The van der Waals surface area contributed by atoms with Gasteiger partial charge in [0.05, 0.1) is 13.0 Å². The summed E-state index contributed by atoms with van der Waals surface area (Å²) in [5.74, 6) is -1.05. The third-order valence-electron chi connectivity index (χ3n) is 3.33. The van der Waals surface area contributed by atoms with Gasteiger partial charge < -0.3 is 15.0 Å². The van der Waals surface area contributed by atoms with Gasteiger partial charge in [-0.1, -0.05) is 6.07 Å². The molecular formula is C15H17IN2O4. The number of carbonyl (C=O) groups excluding carboxylic acids is 3. The summed E-state index contributed by atoms with van der Waals surface area (Å²) >= 11 is 2.13. The van der Waals surface area contributed by atoms with Crippen LogP contribution in [0.4, 0.5) is 0 Å². The van der Waals surface area contributed by atoms with Gasteiger partial charge in [0.1, 0.15) is 6.04 Å². The quantitative estimate of drug-likeness (QED) is 0.591. The Labute approximate surface area is 142 Å². The molecule has 0 saturated carbocycles. The maximum Gasteiger partial charge on any atom is 0.308 e. The van der Waals surface area contributed by atoms with Gasteiger partial charge >= 0.3 is 5.97 Å². The lowest BCUT2D eigenvalue weighted by atomic mass is 10.1. The van der Waals surface area contributed by atoms with Crippen molar-refractivity contribution in [3.05, 3.63) is 33.4 Å². The van der Waals surface area contributed by atoms with Gasteiger partial charge in [0.25, 0.3) is 5.91 Å². The highest BCUT2D eigenvalue weighted by Crippen LogP contribution is 2.16. The van der Waals surface area contributed by atoms with Gasteiger partial charge in [0.2, 0.25) is 5.91 Å². The second kappa shape index (κ2) is 7.57. The van der Waals surface area contributed by atoms with Crippen LogP contribution in [0.5, 0.6) is 0 Å². The highest BCUT2D eigenvalue weighted by Gasteiger charge is 2.35. The molecule has 1 fully saturated rings. The molecule has 1 aliphatic heterocycles. The molecule has 0 aliphatic carbocycles. The molecular weight excluding hydrogens is 399 g/mol. The molecule has 118 valence electrons. The predicted octanol–water partition coefficient (Wildman–Crippen LogP) is 1.19. The van der Waals surface area contributed by atoms with Crippen LogP contribution in [-0.4, -0.2) is 48.4 Å². The number of rotatable bonds is 4. The van der Waals surface area contributed by atoms with E-state index in [1.54, 1.807) is 25.1 Å². The molecule has 1 atom stereocenters. The van der Waals surface area contributed by atoms with Crippen LogP contribution in [0.25, 0.3) is 0 Å². The van der Waals surface area contributed by atoms with Crippen LogP contribution in [0.15, 0.2) is 24.3 Å². The molecule has 0 bridgehead atoms. The molecule has 0 radical (unpaired) electrons. The standard InChI is InChI=1S/C15H17IN2O4/c1-2-22-13(19)9-12-14(20)17-6-7-18(12)15(21)10-4-3-5-11(16)8-10/h3-5,8,12H,2,6-7,9H2,1H3,(H,17,20). The van der Waals surface area contributed by atoms with Gasteiger partial charge in [-0.2, -0.15) is 0 Å². The third kappa shape index (κ3) is 3.96. The third-order valence-corrected chi connectivity index (χ3v) is 4.00. The van der Waals surface area contributed by atoms with E-state index in [-0.39, 0.29) is 24.8 Å². The number of esters is 1. The highest BCUT2D eigenvalue weighted by atomic mass is 127. The summed E-state index contributed by atoms with van der Waals surface area (Å²) < 4.78 is 5.82. The van der Waals surface area contributed by atoms with Gasteiger partial charge in [-0.3, -0.25) is 14.4 Å². The number of carbonyl (C=O) groups is 3. The Kier molecular flexibility index (Phi) is 5.76. The second-order valence-electron chi connectivity index (χ2n) is 4.82. The Morgan fingerprint density at radius 3 is 2.91 bits per heavy atom. The first-order valence-corrected chi connectivity index (χ1v) is 8.10. The Morgan fingerprint density at radius 2 is 2.23 bits per heavy atom. The van der Waals surface area contributed by atoms with Gasteiger partial charge in [0, 0.05) is 22.2 Å². The first-order valence-electron chi connectivity index (χ1n) is 7.02. The van der Waals surface area contributed by atoms with Crippen molar-refractivity contribution in [3.63, 3.8) is 0 Å². The molecule has 1 aromatic rings. The fraction of sp³-hybridized carbons (Fsp3) is 0.400. The molecule has 1 aromatic carbocycles. The minimum atomic E-state index is -0.821. The monoisotopic (exact) mass is 416 g/mol. The lowest BCUT2D eigenvalue weighted by Gasteiger charge is -2.34. The molecule has 2 rings (SSSR count). The van der Waals surface area contributed by atoms with Crippen molar-refractivity contribution in [2.75, 3.05) is 19.7 Å². The van der Waals surface area contributed by atoms with Gasteiger partial charge in [-0.25, -0.2) is 0 Å². The number of nitrogens with one attached hydrogen (secondary N) is 1. The summed E-state index contributed by atoms with van der Waals surface area (Å²) in [4.78, 5) is 37.8. The summed E-state index contributed by atoms with van der Waals surface area (Å²) in [6, 6.07) is 6.32. The molecule has 6 nitrogen and oxygen atoms in total. The number of benzene rings is 1. The van der Waals surface area contributed by atoms with Crippen molar-refractivity contribution >= 4 is 40.4 Å². The van der Waals surface area contributed by atoms with E-state index in [0.717, 1.165) is 3.57 Å². The molecule has 0 spiro atoms. The number of amides is 2. The maximum atomic E-state index is 12.6. The number of ether oxygens (including phenoxy) is 1. The molecule has 2 amide bonds. The van der Waals surface area contributed by atoms with E-state index in [9.17, 15) is 14.4 Å². The first-order chi connectivity index (χ1) is 10.5. The molecule has 1 unspecified atom stereocenters. The Balaban J connectivity index is 2.19. The molecule has 7 heteroatoms. The minimum Gasteiger partial charge on any atom is -0.466 e. The average molecular weight is 416 g/mol. The van der Waals surface area contributed by atoms with Gasteiger partial charge in [-0.15, -0.1) is 0 Å². The molecule has 1 N–H and O–H groups in total. The fourth-order valence-corrected chi connectivity index (χ4v) is 2.87. The van der Waals surface area contributed by atoms with Crippen molar-refractivity contribution in [3.8, 4) is 0 Å². The lowest BCUT2D eigenvalue weighted by Crippen LogP contribution is -2.57. The Bertz CT molecular complexity index is 591. The zero-order chi connectivity index (χ0) is 16.1. The van der Waals surface area contributed by atoms with Crippen LogP contribution in [0.2, 0.25) is 0 Å². The highest BCUT2D eigenvalue weighted by molar-refractivity contribution is 14.1. The average Bonchev–Trinajstić information content (AvgIpc) is 2.49. The maximum absolute atomic E-state index is 12.6. The van der Waals surface area contributed by atoms with Crippen LogP contribution in [-0.2, 0) is 14.3 Å². The fourth-order valence-electron chi connectivity index (χ4n) is 2.33. The number of nitrogens with zero attached hydrogens (tertiary/aromatic N) is 1. The van der Waals surface area contributed by atoms with Crippen molar-refractivity contribution in [2.24, 2.45) is 0 Å². The Morgan fingerprint density at radius 1 is 1.45 bits per heavy atom. The summed E-state index contributed by atoms with van der Waals surface area (Å²) in [5.41, 5.74) is 0.510. The molecule has 1 aliphatic rings. The number of piperazine rings is 1. The van der Waals surface area contributed by atoms with Crippen LogP contribution in [0.3, 0.4) is 0 Å². The van der Waals surface area contributed by atoms with Gasteiger partial charge in [-0.05, 0) is 47.7 Å². The van der Waals surface area contributed by atoms with Crippen molar-refractivity contribution < 1.29 is 19.1 Å². The van der Waals surface area contributed by atoms with Gasteiger partial charge in [0.15, 0.2) is 0 Å². The number of hydrogen-bond acceptors (Lipinski definition) is 4. The molecule has 1 saturated heterocycles. The SMILES string of the molecule is CCOC(=O)CC1C(=O)NCCN1C(=O)c1cccc(I)c1. The first kappa shape index (κ1) is 16.7. The summed E-state index contributed by atoms with van der Waals surface area (Å²) in [5, 5.41) is 2.69. The minimum absolute atomic E-state index is 0.130. The zero-order valence-corrected chi connectivity index (χ0v) is 14.3. The van der Waals surface area contributed by atoms with Crippen molar-refractivity contribution in [2.45, 2.75) is 19.4 Å². The Hall–Kier alpha value is -1.64. The van der Waals surface area contributed by atoms with E-state index < -0.39 is 12.0 Å². The van der Waals surface area contributed by atoms with E-state index in [1.807, 2.05) is 6.07 Å². The van der Waals surface area contributed by atoms with Crippen LogP contribution in [0.1, 0.15) is 23.7 Å². The van der Waals surface area contributed by atoms with Crippen LogP contribution < -0.4 is 5.32 Å². The molecule has 1 heterocycles. The topological polar surface area (TPSA) is 75.7 Å². The van der Waals surface area contributed by atoms with E-state index in [2.05, 4.69) is 27.9 Å². The summed E-state index contributed by atoms with van der Waals surface area (Å²) in [7, 11) is 0. The zero-order valence-electron chi connectivity index (χ0n) is 12.2. The molecule has 22 heavy (non-hydrogen) atoms. The smallest absolute Gasteiger partial charge is 0.308 e. The largest absolute Gasteiger partial charge is 0.466 e. The molecule has 0 aromatic heterocycles. The van der Waals surface area contributed by atoms with E-state index >= 15 is 0 Å². The van der Waals surface area contributed by atoms with Crippen LogP contribution in [0, 0.1) is 3.57 Å². The van der Waals surface area contributed by atoms with E-state index in [1.165, 1.54) is 4.90 Å². The van der Waals surface area contributed by atoms with Crippen molar-refractivity contribution in [1.82, 2.24) is 10.2 Å². The number of hydrogen-bond donors (Lipinski definition) is 1. The number of halogens is 1. The van der Waals surface area contributed by atoms with E-state index in [0.29, 0.717) is 18.7 Å². The second-order valence-corrected chi connectivity index (χ2v) is 6.07. The summed E-state index contributed by atoms with van der Waals surface area (Å²) in [6.07, 6.45) is -0.130. The van der Waals surface area contributed by atoms with Crippen molar-refractivity contribution in [1.29, 1.82) is 0 Å². The summed E-state index contributed by atoms with van der Waals surface area (Å²) in [6.45, 7) is 2.71.